The van der Waals surface area contributed by atoms with Gasteiger partial charge in [-0.1, -0.05) is 0 Å². The van der Waals surface area contributed by atoms with E-state index in [1.807, 2.05) is 0 Å². The Bertz CT molecular complexity index is 107. The number of ether oxygens (including phenoxy) is 1. The predicted octanol–water partition coefficient (Wildman–Crippen LogP) is 0.850. The van der Waals surface area contributed by atoms with Gasteiger partial charge in [-0.2, -0.15) is 0 Å². The van der Waals surface area contributed by atoms with Crippen LogP contribution in [0.1, 0.15) is 0 Å². The number of aliphatic hydroxyl groups is 1. The number of carbonyl (C=O) groups is 1. The minimum absolute atomic E-state index is 0.798. The molecule has 6 heteroatoms. The van der Waals surface area contributed by atoms with Crippen molar-refractivity contribution in [2.45, 2.75) is 3.98 Å². The molecular weight excluding hydrogens is 190 g/mol. The maximum absolute atomic E-state index is 10.1. The van der Waals surface area contributed by atoms with Crippen LogP contribution in [0.25, 0.3) is 0 Å². The number of hydrogen-bond donors (Lipinski definition) is 1. The summed E-state index contributed by atoms with van der Waals surface area (Å²) in [6.07, 6.45) is 0. The summed E-state index contributed by atoms with van der Waals surface area (Å²) in [5.74, 6) is -0.977. The van der Waals surface area contributed by atoms with Gasteiger partial charge in [0.25, 0.3) is 0 Å². The molecule has 0 unspecified atom stereocenters. The lowest BCUT2D eigenvalue weighted by atomic mass is 10.8. The third kappa shape index (κ3) is 6.18. The Morgan fingerprint density at radius 1 is 1.56 bits per heavy atom. The van der Waals surface area contributed by atoms with Gasteiger partial charge in [-0.15, -0.1) is 0 Å². The highest BCUT2D eigenvalue weighted by Crippen LogP contribution is 2.26. The first-order chi connectivity index (χ1) is 3.95. The van der Waals surface area contributed by atoms with Crippen molar-refractivity contribution < 1.29 is 14.6 Å². The summed E-state index contributed by atoms with van der Waals surface area (Å²) in [7, 11) is 0. The van der Waals surface area contributed by atoms with Gasteiger partial charge in [-0.25, -0.2) is 4.79 Å². The van der Waals surface area contributed by atoms with Crippen LogP contribution in [0.15, 0.2) is 0 Å². The first-order valence-corrected chi connectivity index (χ1v) is 2.98. The van der Waals surface area contributed by atoms with Gasteiger partial charge in [0.05, 0.1) is 0 Å². The van der Waals surface area contributed by atoms with Gasteiger partial charge in [-0.3, -0.25) is 0 Å². The largest absolute Gasteiger partial charge is 0.413 e. The Balaban J connectivity index is 3.60. The quantitative estimate of drug-likeness (QED) is 0.496. The molecule has 0 aromatic heterocycles. The van der Waals surface area contributed by atoms with Crippen LogP contribution in [-0.2, 0) is 9.53 Å². The van der Waals surface area contributed by atoms with Gasteiger partial charge in [0, 0.05) is 0 Å². The molecule has 0 aliphatic heterocycles. The van der Waals surface area contributed by atoms with E-state index in [9.17, 15) is 4.79 Å². The monoisotopic (exact) mass is 192 g/mol. The van der Waals surface area contributed by atoms with E-state index >= 15 is 0 Å². The molecule has 0 amide bonds. The number of halogens is 3. The van der Waals surface area contributed by atoms with Gasteiger partial charge >= 0.3 is 9.95 Å². The summed E-state index contributed by atoms with van der Waals surface area (Å²) in [5, 5.41) is 8.05. The molecule has 0 saturated heterocycles. The fraction of sp³-hybridized carbons (Fsp3) is 0.667. The Morgan fingerprint density at radius 2 is 2.00 bits per heavy atom. The summed E-state index contributed by atoms with van der Waals surface area (Å²) < 4.78 is 1.92. The van der Waals surface area contributed by atoms with Crippen LogP contribution in [-0.4, -0.2) is 21.7 Å². The van der Waals surface area contributed by atoms with Crippen LogP contribution in [0.5, 0.6) is 0 Å². The summed E-state index contributed by atoms with van der Waals surface area (Å²) >= 11 is 15.0. The summed E-state index contributed by atoms with van der Waals surface area (Å²) in [6.45, 7) is -0.798. The van der Waals surface area contributed by atoms with E-state index in [0.717, 1.165) is 0 Å². The van der Waals surface area contributed by atoms with Gasteiger partial charge < -0.3 is 9.84 Å². The number of hydrogen-bond acceptors (Lipinski definition) is 3. The van der Waals surface area contributed by atoms with Crippen LogP contribution in [0, 0.1) is 0 Å². The average molecular weight is 193 g/mol. The number of alkyl halides is 3. The second kappa shape index (κ2) is 3.46. The third-order valence-corrected chi connectivity index (χ3v) is 0.590. The smallest absolute Gasteiger partial charge is 0.340 e. The van der Waals surface area contributed by atoms with E-state index in [4.69, 9.17) is 39.9 Å². The number of esters is 1. The molecule has 0 aliphatic rings. The highest BCUT2D eigenvalue weighted by Gasteiger charge is 2.24. The summed E-state index contributed by atoms with van der Waals surface area (Å²) in [5.41, 5.74) is 0. The van der Waals surface area contributed by atoms with E-state index < -0.39 is 16.6 Å². The van der Waals surface area contributed by atoms with E-state index in [1.165, 1.54) is 0 Å². The first-order valence-electron chi connectivity index (χ1n) is 1.85. The van der Waals surface area contributed by atoms with E-state index in [1.54, 1.807) is 0 Å². The van der Waals surface area contributed by atoms with Crippen molar-refractivity contribution in [1.29, 1.82) is 0 Å². The number of rotatable bonds is 1. The molecule has 0 radical (unpaired) electrons. The molecule has 9 heavy (non-hydrogen) atoms. The number of carbonyl (C=O) groups excluding carboxylic acids is 1. The van der Waals surface area contributed by atoms with Crippen molar-refractivity contribution in [2.75, 3.05) is 6.61 Å². The Kier molecular flexibility index (Phi) is 3.58. The minimum atomic E-state index is -2.07. The highest BCUT2D eigenvalue weighted by atomic mass is 35.6. The molecule has 3 nitrogen and oxygen atoms in total. The molecule has 0 aromatic rings. The van der Waals surface area contributed by atoms with Crippen LogP contribution in [0.2, 0.25) is 0 Å². The van der Waals surface area contributed by atoms with E-state index in [0.29, 0.717) is 0 Å². The third-order valence-electron chi connectivity index (χ3n) is 0.359. The molecule has 54 valence electrons. The zero-order valence-electron chi connectivity index (χ0n) is 4.10. The molecule has 1 N–H and O–H groups in total. The maximum Gasteiger partial charge on any atom is 0.340 e. The highest BCUT2D eigenvalue weighted by molar-refractivity contribution is 6.66. The van der Waals surface area contributed by atoms with Crippen LogP contribution >= 0.6 is 34.8 Å². The van der Waals surface area contributed by atoms with Gasteiger partial charge in [0.2, 0.25) is 0 Å². The first kappa shape index (κ1) is 9.30. The van der Waals surface area contributed by atoms with E-state index in [2.05, 4.69) is 4.74 Å². The van der Waals surface area contributed by atoms with Crippen molar-refractivity contribution in [3.05, 3.63) is 0 Å². The van der Waals surface area contributed by atoms with Gasteiger partial charge in [0.15, 0.2) is 0 Å². The lowest BCUT2D eigenvalue weighted by molar-refractivity contribution is -0.147. The minimum Gasteiger partial charge on any atom is -0.413 e. The van der Waals surface area contributed by atoms with Crippen LogP contribution in [0.3, 0.4) is 0 Å². The van der Waals surface area contributed by atoms with Crippen molar-refractivity contribution >= 4 is 40.8 Å². The Labute approximate surface area is 66.4 Å². The Morgan fingerprint density at radius 3 is 2.11 bits per heavy atom. The fourth-order valence-corrected chi connectivity index (χ4v) is 0.420. The molecular formula is C3H3Cl3O3. The van der Waals surface area contributed by atoms with Crippen molar-refractivity contribution in [2.24, 2.45) is 0 Å². The average Bonchev–Trinajstić information content (AvgIpc) is 1.62. The normalized spacial score (nSPS) is 11.1. The summed E-state index contributed by atoms with van der Waals surface area (Å²) in [6, 6.07) is 0. The van der Waals surface area contributed by atoms with Crippen molar-refractivity contribution in [3.63, 3.8) is 0 Å². The zero-order valence-corrected chi connectivity index (χ0v) is 6.37. The maximum atomic E-state index is 10.1. The molecule has 0 saturated carbocycles. The molecule has 0 aliphatic carbocycles. The van der Waals surface area contributed by atoms with Crippen LogP contribution in [0.4, 0.5) is 0 Å². The Hall–Kier alpha value is 0.300. The van der Waals surface area contributed by atoms with Crippen LogP contribution < -0.4 is 0 Å². The molecule has 0 aromatic carbocycles. The SMILES string of the molecule is O=C(CO)OC(Cl)(Cl)Cl. The molecule has 0 rings (SSSR count). The lowest BCUT2D eigenvalue weighted by Crippen LogP contribution is -2.18. The van der Waals surface area contributed by atoms with E-state index in [-0.39, 0.29) is 0 Å². The molecule has 0 atom stereocenters. The van der Waals surface area contributed by atoms with Gasteiger partial charge in [-0.05, 0) is 34.8 Å². The lowest BCUT2D eigenvalue weighted by Gasteiger charge is -2.09. The zero-order chi connectivity index (χ0) is 7.49. The topological polar surface area (TPSA) is 46.5 Å². The van der Waals surface area contributed by atoms with Gasteiger partial charge in [0.1, 0.15) is 6.61 Å². The molecule has 0 fully saturated rings. The number of aliphatic hydroxyl groups excluding tert-OH is 1. The second-order valence-corrected chi connectivity index (χ2v) is 3.26. The standard InChI is InChI=1S/C3H3Cl3O3/c4-3(5,6)9-2(8)1-7/h7H,1H2. The molecule has 0 bridgehead atoms. The van der Waals surface area contributed by atoms with Crippen molar-refractivity contribution in [1.82, 2.24) is 0 Å². The fourth-order valence-electron chi connectivity index (χ4n) is 0.161. The second-order valence-electron chi connectivity index (χ2n) is 1.08. The molecule has 0 spiro atoms. The molecule has 0 heterocycles. The van der Waals surface area contributed by atoms with Crippen molar-refractivity contribution in [3.8, 4) is 0 Å². The summed E-state index contributed by atoms with van der Waals surface area (Å²) in [4.78, 5) is 10.1. The predicted molar refractivity (Wildman–Crippen MR) is 33.5 cm³/mol.